The smallest absolute Gasteiger partial charge is 0.357 e. The van der Waals surface area contributed by atoms with Gasteiger partial charge in [-0.3, -0.25) is 10.1 Å². The number of pyridine rings is 1. The minimum atomic E-state index is -0.835. The van der Waals surface area contributed by atoms with Gasteiger partial charge in [0, 0.05) is 62.6 Å². The van der Waals surface area contributed by atoms with E-state index in [0.29, 0.717) is 59.5 Å². The maximum absolute atomic E-state index is 14.4. The van der Waals surface area contributed by atoms with Gasteiger partial charge in [0.2, 0.25) is 0 Å². The molecule has 0 radical (unpaired) electrons. The van der Waals surface area contributed by atoms with E-state index in [-0.39, 0.29) is 45.6 Å². The topological polar surface area (TPSA) is 225 Å². The van der Waals surface area contributed by atoms with Crippen LogP contribution in [0.1, 0.15) is 90.1 Å². The lowest BCUT2D eigenvalue weighted by Crippen LogP contribution is -2.10. The summed E-state index contributed by atoms with van der Waals surface area (Å²) in [7, 11) is 0. The molecule has 7 aromatic heterocycles. The number of nitro benzene ring substituents is 1. The molecular formula is C50H44Br2Cl2FN11O8. The Hall–Kier alpha value is -7.27. The SMILES string of the molecule is CCOC(=O)c1cc(CC)n2nc(-c3ccc(Br)cc3Cl)cc2n1.CCOC(=O)c1cc(CC)n2nc(-c3ccc(Br)nc3)cc2n1.CCOC(=O)c1cc(CC)n2nc(-c3ccc([N+](=O)[O-])cc3F)c(Cl)c2n1. The number of ether oxygens (including phenoxy) is 3. The first-order valence-electron chi connectivity index (χ1n) is 22.9. The largest absolute Gasteiger partial charge is 0.461 e. The number of rotatable bonds is 13. The van der Waals surface area contributed by atoms with E-state index in [1.54, 1.807) is 48.1 Å². The van der Waals surface area contributed by atoms with Crippen molar-refractivity contribution in [2.45, 2.75) is 60.8 Å². The van der Waals surface area contributed by atoms with Gasteiger partial charge >= 0.3 is 17.9 Å². The van der Waals surface area contributed by atoms with Crippen molar-refractivity contribution >= 4 is 95.6 Å². The Labute approximate surface area is 448 Å². The van der Waals surface area contributed by atoms with Gasteiger partial charge in [0.25, 0.3) is 5.69 Å². The van der Waals surface area contributed by atoms with Gasteiger partial charge in [-0.25, -0.2) is 52.3 Å². The second-order valence-corrected chi connectivity index (χ2v) is 18.0. The average molecular weight is 1180 g/mol. The number of benzene rings is 2. The highest BCUT2D eigenvalue weighted by Gasteiger charge is 2.23. The number of nitro groups is 1. The van der Waals surface area contributed by atoms with Gasteiger partial charge in [0.1, 0.15) is 21.1 Å². The van der Waals surface area contributed by atoms with Crippen molar-refractivity contribution in [3.63, 3.8) is 0 Å². The number of hydrogen-bond acceptors (Lipinski definition) is 15. The third-order valence-electron chi connectivity index (χ3n) is 10.8. The summed E-state index contributed by atoms with van der Waals surface area (Å²) in [4.78, 5) is 63.2. The minimum absolute atomic E-state index is 0.00385. The van der Waals surface area contributed by atoms with Crippen molar-refractivity contribution in [3.05, 3.63) is 154 Å². The quantitative estimate of drug-likeness (QED) is 0.0344. The molecule has 19 nitrogen and oxygen atoms in total. The van der Waals surface area contributed by atoms with Gasteiger partial charge in [-0.1, -0.05) is 66.0 Å². The van der Waals surface area contributed by atoms with Gasteiger partial charge in [-0.2, -0.15) is 15.3 Å². The van der Waals surface area contributed by atoms with Crippen LogP contribution in [-0.4, -0.2) is 91.4 Å². The molecule has 0 saturated heterocycles. The first-order chi connectivity index (χ1) is 35.5. The van der Waals surface area contributed by atoms with E-state index in [4.69, 9.17) is 37.4 Å². The van der Waals surface area contributed by atoms with E-state index in [1.807, 2.05) is 63.2 Å². The maximum atomic E-state index is 14.4. The number of esters is 3. The van der Waals surface area contributed by atoms with Crippen molar-refractivity contribution in [3.8, 4) is 33.8 Å². The van der Waals surface area contributed by atoms with Crippen molar-refractivity contribution < 1.29 is 37.9 Å². The fourth-order valence-corrected chi connectivity index (χ4v) is 8.56. The number of non-ortho nitro benzene ring substituents is 1. The summed E-state index contributed by atoms with van der Waals surface area (Å²) >= 11 is 19.4. The molecule has 0 atom stereocenters. The van der Waals surface area contributed by atoms with Crippen LogP contribution in [0.3, 0.4) is 0 Å². The van der Waals surface area contributed by atoms with E-state index < -0.39 is 28.6 Å². The summed E-state index contributed by atoms with van der Waals surface area (Å²) in [5.74, 6) is -2.29. The molecule has 0 aliphatic heterocycles. The number of carbonyl (C=O) groups is 3. The zero-order valence-electron chi connectivity index (χ0n) is 40.4. The molecule has 7 heterocycles. The van der Waals surface area contributed by atoms with Crippen molar-refractivity contribution in [1.29, 1.82) is 0 Å². The van der Waals surface area contributed by atoms with E-state index in [1.165, 1.54) is 16.6 Å². The second kappa shape index (κ2) is 24.2. The number of hydrogen-bond donors (Lipinski definition) is 0. The molecule has 9 rings (SSSR count). The summed E-state index contributed by atoms with van der Waals surface area (Å²) in [5, 5.41) is 24.9. The van der Waals surface area contributed by atoms with Crippen molar-refractivity contribution in [2.75, 3.05) is 19.8 Å². The monoisotopic (exact) mass is 1170 g/mol. The molecule has 0 spiro atoms. The summed E-state index contributed by atoms with van der Waals surface area (Å²) < 4.78 is 36.0. The second-order valence-electron chi connectivity index (χ2n) is 15.5. The first kappa shape index (κ1) is 54.5. The molecule has 0 saturated carbocycles. The molecule has 74 heavy (non-hydrogen) atoms. The van der Waals surface area contributed by atoms with Crippen LogP contribution in [-0.2, 0) is 33.5 Å². The molecule has 0 aliphatic carbocycles. The normalized spacial score (nSPS) is 11.0. The summed E-state index contributed by atoms with van der Waals surface area (Å²) in [5.41, 5.74) is 7.28. The van der Waals surface area contributed by atoms with Crippen LogP contribution in [0.5, 0.6) is 0 Å². The number of aromatic nitrogens is 10. The summed E-state index contributed by atoms with van der Waals surface area (Å²) in [6.45, 7) is 11.9. The molecule has 0 amide bonds. The molecule has 0 bridgehead atoms. The van der Waals surface area contributed by atoms with Crippen LogP contribution in [0, 0.1) is 15.9 Å². The summed E-state index contributed by atoms with van der Waals surface area (Å²) in [6, 6.07) is 21.2. The number of aryl methyl sites for hydroxylation is 3. The molecule has 382 valence electrons. The molecule has 2 aromatic carbocycles. The van der Waals surface area contributed by atoms with Crippen LogP contribution in [0.2, 0.25) is 10.0 Å². The molecule has 0 unspecified atom stereocenters. The molecule has 9 aromatic rings. The maximum Gasteiger partial charge on any atom is 0.357 e. The number of nitrogens with zero attached hydrogens (tertiary/aromatic N) is 11. The van der Waals surface area contributed by atoms with Gasteiger partial charge in [-0.05, 0) is 104 Å². The van der Waals surface area contributed by atoms with Crippen LogP contribution in [0.4, 0.5) is 10.1 Å². The standard InChI is InChI=1S/C17H15BrClN3O2.C17H14ClFN4O4.C16H15BrN4O2/c1-3-11-8-15(17(23)24-4-2)20-16-9-14(21-22(11)16)12-6-5-10(18)7-13(12)19;1-3-9-8-13(17(24)27-4-2)20-16-14(18)15(21-22(9)16)11-6-5-10(23(25)26)7-12(11)19;1-3-11-7-13(16(22)23-4-2)19-15-8-12(20-21(11)15)10-5-6-14(17)18-9-10/h5-9H,3-4H2,1-2H3;5-8H,3-4H2,1-2H3;5-9H,3-4H2,1-2H3. The number of carbonyl (C=O) groups excluding carboxylic acids is 3. The van der Waals surface area contributed by atoms with Crippen LogP contribution >= 0.6 is 55.1 Å². The Morgan fingerprint density at radius 2 is 1.15 bits per heavy atom. The first-order valence-corrected chi connectivity index (χ1v) is 25.3. The molecule has 0 fully saturated rings. The lowest BCUT2D eigenvalue weighted by molar-refractivity contribution is -0.385. The Kier molecular flexibility index (Phi) is 17.8. The predicted octanol–water partition coefficient (Wildman–Crippen LogP) is 11.7. The molecular weight excluding hydrogens is 1130 g/mol. The predicted molar refractivity (Wildman–Crippen MR) is 281 cm³/mol. The van der Waals surface area contributed by atoms with Crippen LogP contribution < -0.4 is 0 Å². The molecule has 0 N–H and O–H groups in total. The zero-order valence-corrected chi connectivity index (χ0v) is 45.1. The fraction of sp³-hybridized carbons (Fsp3) is 0.240. The minimum Gasteiger partial charge on any atom is -0.461 e. The third-order valence-corrected chi connectivity index (χ3v) is 12.4. The van der Waals surface area contributed by atoms with Crippen molar-refractivity contribution in [1.82, 2.24) is 48.8 Å². The summed E-state index contributed by atoms with van der Waals surface area (Å²) in [6.07, 6.45) is 3.68. The van der Waals surface area contributed by atoms with E-state index in [9.17, 15) is 28.9 Å². The number of fused-ring (bicyclic) bond motifs is 3. The lowest BCUT2D eigenvalue weighted by atomic mass is 10.1. The Bertz CT molecular complexity index is 3590. The van der Waals surface area contributed by atoms with Gasteiger partial charge in [0.05, 0.1) is 47.2 Å². The third kappa shape index (κ3) is 12.0. The van der Waals surface area contributed by atoms with E-state index in [2.05, 4.69) is 67.1 Å². The van der Waals surface area contributed by atoms with E-state index in [0.717, 1.165) is 55.8 Å². The van der Waals surface area contributed by atoms with Gasteiger partial charge in [0.15, 0.2) is 34.0 Å². The highest BCUT2D eigenvalue weighted by atomic mass is 79.9. The van der Waals surface area contributed by atoms with Crippen molar-refractivity contribution in [2.24, 2.45) is 0 Å². The average Bonchev–Trinajstić information content (AvgIpc) is 4.11. The Morgan fingerprint density at radius 3 is 1.64 bits per heavy atom. The molecule has 0 aliphatic rings. The Morgan fingerprint density at radius 1 is 0.635 bits per heavy atom. The highest BCUT2D eigenvalue weighted by molar-refractivity contribution is 9.10. The number of halogens is 5. The van der Waals surface area contributed by atoms with Crippen LogP contribution in [0.25, 0.3) is 50.7 Å². The highest BCUT2D eigenvalue weighted by Crippen LogP contribution is 2.34. The van der Waals surface area contributed by atoms with Crippen LogP contribution in [0.15, 0.2) is 94.1 Å². The lowest BCUT2D eigenvalue weighted by Gasteiger charge is -2.05. The van der Waals surface area contributed by atoms with Gasteiger partial charge in [-0.15, -0.1) is 0 Å². The van der Waals surface area contributed by atoms with E-state index >= 15 is 0 Å². The molecule has 24 heteroatoms. The zero-order chi connectivity index (χ0) is 53.4. The van der Waals surface area contributed by atoms with Gasteiger partial charge < -0.3 is 14.2 Å². The Balaban J connectivity index is 0.000000163. The fourth-order valence-electron chi connectivity index (χ4n) is 7.29.